The van der Waals surface area contributed by atoms with Gasteiger partial charge in [-0.05, 0) is 44.0 Å². The van der Waals surface area contributed by atoms with E-state index < -0.39 is 0 Å². The van der Waals surface area contributed by atoms with E-state index in [4.69, 9.17) is 16.3 Å². The third-order valence-electron chi connectivity index (χ3n) is 4.27. The molecular weight excluding hydrogens is 322 g/mol. The molecule has 0 saturated carbocycles. The van der Waals surface area contributed by atoms with Gasteiger partial charge in [0, 0.05) is 23.4 Å². The summed E-state index contributed by atoms with van der Waals surface area (Å²) in [6, 6.07) is 15.5. The van der Waals surface area contributed by atoms with Crippen molar-refractivity contribution in [3.05, 3.63) is 64.7 Å². The molecule has 0 fully saturated rings. The smallest absolute Gasteiger partial charge is 0.220 e. The average Bonchev–Trinajstić information content (AvgIpc) is 2.53. The lowest BCUT2D eigenvalue weighted by Gasteiger charge is -2.37. The van der Waals surface area contributed by atoms with Crippen LogP contribution in [0.1, 0.15) is 43.9 Å². The van der Waals surface area contributed by atoms with Crippen molar-refractivity contribution < 1.29 is 9.53 Å². The second-order valence-corrected chi connectivity index (χ2v) is 7.29. The fraction of sp³-hybridized carbons (Fsp3) is 0.350. The van der Waals surface area contributed by atoms with E-state index in [0.29, 0.717) is 17.9 Å². The minimum atomic E-state index is -0.289. The van der Waals surface area contributed by atoms with E-state index >= 15 is 0 Å². The van der Waals surface area contributed by atoms with Crippen LogP contribution in [0.3, 0.4) is 0 Å². The summed E-state index contributed by atoms with van der Waals surface area (Å²) < 4.78 is 6.01. The minimum absolute atomic E-state index is 0.0114. The zero-order valence-electron chi connectivity index (χ0n) is 14.0. The average molecular weight is 344 g/mol. The van der Waals surface area contributed by atoms with Crippen LogP contribution in [0.4, 0.5) is 0 Å². The molecular formula is C20H22ClNO2. The molecule has 2 aromatic rings. The molecule has 1 heterocycles. The molecule has 24 heavy (non-hydrogen) atoms. The number of hydrogen-bond donors (Lipinski definition) is 1. The molecule has 0 spiro atoms. The fourth-order valence-corrected chi connectivity index (χ4v) is 3.23. The first kappa shape index (κ1) is 16.8. The molecule has 1 N–H and O–H groups in total. The molecule has 0 aromatic heterocycles. The summed E-state index contributed by atoms with van der Waals surface area (Å²) in [6.45, 7) is 4.10. The van der Waals surface area contributed by atoms with Crippen LogP contribution >= 0.6 is 11.6 Å². The van der Waals surface area contributed by atoms with Crippen molar-refractivity contribution in [1.82, 2.24) is 5.32 Å². The molecule has 1 aliphatic heterocycles. The van der Waals surface area contributed by atoms with Crippen molar-refractivity contribution in [1.29, 1.82) is 0 Å². The van der Waals surface area contributed by atoms with Crippen LogP contribution < -0.4 is 10.1 Å². The number of ether oxygens (including phenoxy) is 1. The number of halogens is 1. The lowest BCUT2D eigenvalue weighted by atomic mass is 9.89. The number of para-hydroxylation sites is 1. The van der Waals surface area contributed by atoms with Crippen molar-refractivity contribution in [3.8, 4) is 5.75 Å². The highest BCUT2D eigenvalue weighted by molar-refractivity contribution is 6.30. The van der Waals surface area contributed by atoms with Gasteiger partial charge in [-0.3, -0.25) is 4.79 Å². The van der Waals surface area contributed by atoms with Gasteiger partial charge in [-0.25, -0.2) is 0 Å². The highest BCUT2D eigenvalue weighted by Gasteiger charge is 2.34. The van der Waals surface area contributed by atoms with Gasteiger partial charge in [0.15, 0.2) is 0 Å². The van der Waals surface area contributed by atoms with Crippen LogP contribution in [0, 0.1) is 0 Å². The second kappa shape index (κ2) is 6.86. The van der Waals surface area contributed by atoms with Gasteiger partial charge in [0.05, 0.1) is 6.04 Å². The lowest BCUT2D eigenvalue weighted by molar-refractivity contribution is -0.122. The Bertz CT molecular complexity index is 725. The van der Waals surface area contributed by atoms with E-state index in [1.54, 1.807) is 0 Å². The molecule has 0 bridgehead atoms. The summed E-state index contributed by atoms with van der Waals surface area (Å²) >= 11 is 5.89. The summed E-state index contributed by atoms with van der Waals surface area (Å²) in [5.74, 6) is 0.916. The van der Waals surface area contributed by atoms with Crippen molar-refractivity contribution in [2.24, 2.45) is 0 Å². The minimum Gasteiger partial charge on any atom is -0.487 e. The number of rotatable bonds is 4. The Kier molecular flexibility index (Phi) is 4.81. The Morgan fingerprint density at radius 3 is 2.67 bits per heavy atom. The summed E-state index contributed by atoms with van der Waals surface area (Å²) in [5.41, 5.74) is 1.88. The van der Waals surface area contributed by atoms with E-state index in [0.717, 1.165) is 23.3 Å². The third-order valence-corrected chi connectivity index (χ3v) is 4.52. The van der Waals surface area contributed by atoms with Gasteiger partial charge in [-0.2, -0.15) is 0 Å². The molecule has 0 radical (unpaired) electrons. The summed E-state index contributed by atoms with van der Waals surface area (Å²) in [4.78, 5) is 12.4. The molecule has 3 rings (SSSR count). The highest BCUT2D eigenvalue weighted by Crippen LogP contribution is 2.39. The SMILES string of the molecule is CC1(C)C[C@@H](NC(=O)CCc2ccc(Cl)cc2)c2ccccc2O1. The van der Waals surface area contributed by atoms with Gasteiger partial charge >= 0.3 is 0 Å². The lowest BCUT2D eigenvalue weighted by Crippen LogP contribution is -2.41. The van der Waals surface area contributed by atoms with Crippen molar-refractivity contribution >= 4 is 17.5 Å². The van der Waals surface area contributed by atoms with Gasteiger partial charge in [0.25, 0.3) is 0 Å². The standard InChI is InChI=1S/C20H22ClNO2/c1-20(2)13-17(16-5-3-4-6-18(16)24-20)22-19(23)12-9-14-7-10-15(21)11-8-14/h3-8,10-11,17H,9,12-13H2,1-2H3,(H,22,23)/t17-/m1/s1. The molecule has 0 unspecified atom stereocenters. The molecule has 126 valence electrons. The predicted octanol–water partition coefficient (Wildman–Crippen LogP) is 4.69. The van der Waals surface area contributed by atoms with Crippen molar-refractivity contribution in [3.63, 3.8) is 0 Å². The Morgan fingerprint density at radius 2 is 1.92 bits per heavy atom. The second-order valence-electron chi connectivity index (χ2n) is 6.85. The number of benzene rings is 2. The largest absolute Gasteiger partial charge is 0.487 e. The molecule has 4 heteroatoms. The topological polar surface area (TPSA) is 38.3 Å². The van der Waals surface area contributed by atoms with E-state index in [2.05, 4.69) is 19.2 Å². The van der Waals surface area contributed by atoms with Gasteiger partial charge in [-0.15, -0.1) is 0 Å². The maximum atomic E-state index is 12.4. The van der Waals surface area contributed by atoms with Gasteiger partial charge in [0.1, 0.15) is 11.4 Å². The Hall–Kier alpha value is -2.00. The first-order chi connectivity index (χ1) is 11.4. The molecule has 0 saturated heterocycles. The molecule has 1 aliphatic rings. The van der Waals surface area contributed by atoms with Crippen LogP contribution in [-0.2, 0) is 11.2 Å². The van der Waals surface area contributed by atoms with E-state index in [9.17, 15) is 4.79 Å². The molecule has 2 aromatic carbocycles. The molecule has 3 nitrogen and oxygen atoms in total. The van der Waals surface area contributed by atoms with Gasteiger partial charge in [-0.1, -0.05) is 41.9 Å². The number of hydrogen-bond acceptors (Lipinski definition) is 2. The maximum Gasteiger partial charge on any atom is 0.220 e. The number of aryl methyl sites for hydroxylation is 1. The van der Waals surface area contributed by atoms with Crippen LogP contribution in [0.25, 0.3) is 0 Å². The first-order valence-electron chi connectivity index (χ1n) is 8.25. The monoisotopic (exact) mass is 343 g/mol. The maximum absolute atomic E-state index is 12.4. The third kappa shape index (κ3) is 4.09. The Balaban J connectivity index is 1.64. The Morgan fingerprint density at radius 1 is 1.21 bits per heavy atom. The normalized spacial score (nSPS) is 18.4. The number of nitrogens with one attached hydrogen (secondary N) is 1. The molecule has 1 atom stereocenters. The highest BCUT2D eigenvalue weighted by atomic mass is 35.5. The van der Waals surface area contributed by atoms with E-state index in [-0.39, 0.29) is 17.6 Å². The summed E-state index contributed by atoms with van der Waals surface area (Å²) in [6.07, 6.45) is 1.93. The van der Waals surface area contributed by atoms with E-state index in [1.807, 2.05) is 48.5 Å². The van der Waals surface area contributed by atoms with Crippen LogP contribution in [-0.4, -0.2) is 11.5 Å². The number of fused-ring (bicyclic) bond motifs is 1. The summed E-state index contributed by atoms with van der Waals surface area (Å²) in [7, 11) is 0. The van der Waals surface area contributed by atoms with Crippen molar-refractivity contribution in [2.75, 3.05) is 0 Å². The number of carbonyl (C=O) groups excluding carboxylic acids is 1. The predicted molar refractivity (Wildman–Crippen MR) is 96.4 cm³/mol. The number of carbonyl (C=O) groups is 1. The fourth-order valence-electron chi connectivity index (χ4n) is 3.11. The van der Waals surface area contributed by atoms with Crippen LogP contribution in [0.5, 0.6) is 5.75 Å². The zero-order valence-corrected chi connectivity index (χ0v) is 14.8. The van der Waals surface area contributed by atoms with Crippen molar-refractivity contribution in [2.45, 2.75) is 44.8 Å². The van der Waals surface area contributed by atoms with Gasteiger partial charge in [0.2, 0.25) is 5.91 Å². The van der Waals surface area contributed by atoms with Crippen LogP contribution in [0.2, 0.25) is 5.02 Å². The number of amides is 1. The van der Waals surface area contributed by atoms with E-state index in [1.165, 1.54) is 0 Å². The summed E-state index contributed by atoms with van der Waals surface area (Å²) in [5, 5.41) is 3.88. The Labute approximate surface area is 148 Å². The molecule has 1 amide bonds. The first-order valence-corrected chi connectivity index (χ1v) is 8.62. The zero-order chi connectivity index (χ0) is 17.2. The van der Waals surface area contributed by atoms with Crippen LogP contribution in [0.15, 0.2) is 48.5 Å². The van der Waals surface area contributed by atoms with Gasteiger partial charge < -0.3 is 10.1 Å². The quantitative estimate of drug-likeness (QED) is 0.874. The molecule has 0 aliphatic carbocycles.